The molecule has 2 atom stereocenters. The number of rotatable bonds is 7. The first-order valence-electron chi connectivity index (χ1n) is 11.4. The Labute approximate surface area is 180 Å². The Morgan fingerprint density at radius 2 is 1.90 bits per heavy atom. The van der Waals surface area contributed by atoms with Gasteiger partial charge in [0.1, 0.15) is 5.76 Å². The Morgan fingerprint density at radius 1 is 1.17 bits per heavy atom. The van der Waals surface area contributed by atoms with Crippen molar-refractivity contribution in [2.45, 2.75) is 77.5 Å². The van der Waals surface area contributed by atoms with Crippen LogP contribution in [0.3, 0.4) is 0 Å². The van der Waals surface area contributed by atoms with Crippen molar-refractivity contribution in [1.29, 1.82) is 0 Å². The molecule has 3 heterocycles. The van der Waals surface area contributed by atoms with E-state index in [1.807, 2.05) is 13.8 Å². The summed E-state index contributed by atoms with van der Waals surface area (Å²) >= 11 is 0. The van der Waals surface area contributed by atoms with Gasteiger partial charge in [-0.1, -0.05) is 35.5 Å². The second kappa shape index (κ2) is 9.65. The summed E-state index contributed by atoms with van der Waals surface area (Å²) in [6, 6.07) is 12.7. The third kappa shape index (κ3) is 4.86. The van der Waals surface area contributed by atoms with Gasteiger partial charge in [-0.15, -0.1) is 0 Å². The van der Waals surface area contributed by atoms with Crippen molar-refractivity contribution < 1.29 is 4.52 Å². The maximum absolute atomic E-state index is 5.27. The van der Waals surface area contributed by atoms with Crippen LogP contribution in [0.5, 0.6) is 0 Å². The van der Waals surface area contributed by atoms with Gasteiger partial charge < -0.3 is 15.2 Å². The number of nitrogens with one attached hydrogen (secondary N) is 2. The Hall–Kier alpha value is -2.34. The predicted molar refractivity (Wildman–Crippen MR) is 121 cm³/mol. The molecule has 2 N–H and O–H groups in total. The van der Waals surface area contributed by atoms with Crippen LogP contribution in [0.2, 0.25) is 0 Å². The average Bonchev–Trinajstić information content (AvgIpc) is 3.17. The lowest BCUT2D eigenvalue weighted by atomic mass is 9.96. The lowest BCUT2D eigenvalue weighted by Crippen LogP contribution is -2.52. The molecule has 6 nitrogen and oxygen atoms in total. The van der Waals surface area contributed by atoms with Crippen LogP contribution in [0.4, 0.5) is 0 Å². The molecule has 0 amide bonds. The first kappa shape index (κ1) is 20.9. The smallest absolute Gasteiger partial charge is 0.191 e. The number of benzene rings is 1. The van der Waals surface area contributed by atoms with E-state index in [0.29, 0.717) is 18.1 Å². The molecule has 162 valence electrons. The molecule has 2 aliphatic heterocycles. The molecule has 0 aliphatic carbocycles. The van der Waals surface area contributed by atoms with E-state index < -0.39 is 0 Å². The van der Waals surface area contributed by atoms with Gasteiger partial charge in [0, 0.05) is 43.3 Å². The maximum atomic E-state index is 5.27. The Kier molecular flexibility index (Phi) is 6.72. The zero-order valence-electron chi connectivity index (χ0n) is 18.5. The van der Waals surface area contributed by atoms with Crippen molar-refractivity contribution in [3.8, 4) is 0 Å². The van der Waals surface area contributed by atoms with Crippen LogP contribution in [0.25, 0.3) is 0 Å². The van der Waals surface area contributed by atoms with E-state index in [-0.39, 0.29) is 0 Å². The van der Waals surface area contributed by atoms with Crippen LogP contribution >= 0.6 is 0 Å². The Balaban J connectivity index is 1.33. The molecule has 0 radical (unpaired) electrons. The molecular formula is C24H35N5O. The third-order valence-electron chi connectivity index (χ3n) is 6.59. The predicted octanol–water partition coefficient (Wildman–Crippen LogP) is 3.58. The molecular weight excluding hydrogens is 374 g/mol. The van der Waals surface area contributed by atoms with Gasteiger partial charge in [0.15, 0.2) is 5.96 Å². The highest BCUT2D eigenvalue weighted by molar-refractivity contribution is 5.80. The molecule has 4 rings (SSSR count). The minimum Gasteiger partial charge on any atom is -0.361 e. The molecule has 0 spiro atoms. The van der Waals surface area contributed by atoms with E-state index in [1.54, 1.807) is 0 Å². The molecule has 2 aromatic rings. The van der Waals surface area contributed by atoms with Crippen molar-refractivity contribution >= 4 is 5.96 Å². The second-order valence-corrected chi connectivity index (χ2v) is 8.67. The second-order valence-electron chi connectivity index (χ2n) is 8.67. The number of hydrogen-bond acceptors (Lipinski definition) is 4. The van der Waals surface area contributed by atoms with Crippen molar-refractivity contribution in [3.63, 3.8) is 0 Å². The lowest BCUT2D eigenvalue weighted by Gasteiger charge is -2.39. The first-order valence-corrected chi connectivity index (χ1v) is 11.4. The monoisotopic (exact) mass is 409 g/mol. The summed E-state index contributed by atoms with van der Waals surface area (Å²) in [4.78, 5) is 7.56. The summed E-state index contributed by atoms with van der Waals surface area (Å²) in [5.41, 5.74) is 3.58. The largest absolute Gasteiger partial charge is 0.361 e. The van der Waals surface area contributed by atoms with E-state index in [9.17, 15) is 0 Å². The van der Waals surface area contributed by atoms with Gasteiger partial charge in [0.2, 0.25) is 0 Å². The first-order chi connectivity index (χ1) is 14.6. The molecule has 2 bridgehead atoms. The van der Waals surface area contributed by atoms with Crippen LogP contribution in [0.1, 0.15) is 55.2 Å². The number of aryl methyl sites for hydroxylation is 2. The highest BCUT2D eigenvalue weighted by Gasteiger charge is 2.40. The van der Waals surface area contributed by atoms with E-state index in [4.69, 9.17) is 9.52 Å². The number of hydrogen-bond donors (Lipinski definition) is 2. The minimum absolute atomic E-state index is 0.492. The van der Waals surface area contributed by atoms with E-state index in [1.165, 1.54) is 36.8 Å². The fourth-order valence-electron chi connectivity index (χ4n) is 5.10. The number of piperidine rings is 1. The molecule has 1 aromatic carbocycles. The van der Waals surface area contributed by atoms with Gasteiger partial charge in [-0.05, 0) is 58.4 Å². The zero-order chi connectivity index (χ0) is 20.9. The normalized spacial score (nSPS) is 24.2. The van der Waals surface area contributed by atoms with E-state index >= 15 is 0 Å². The average molecular weight is 410 g/mol. The van der Waals surface area contributed by atoms with Gasteiger partial charge in [0.25, 0.3) is 0 Å². The number of fused-ring (bicyclic) bond motifs is 2. The number of guanidine groups is 1. The topological polar surface area (TPSA) is 65.7 Å². The highest BCUT2D eigenvalue weighted by atomic mass is 16.5. The van der Waals surface area contributed by atoms with Gasteiger partial charge in [-0.2, -0.15) is 0 Å². The molecule has 1 aromatic heterocycles. The molecule has 30 heavy (non-hydrogen) atoms. The van der Waals surface area contributed by atoms with Crippen LogP contribution < -0.4 is 10.6 Å². The molecule has 2 fully saturated rings. The Bertz CT molecular complexity index is 813. The van der Waals surface area contributed by atoms with Crippen LogP contribution in [0.15, 0.2) is 39.8 Å². The molecule has 2 unspecified atom stereocenters. The quantitative estimate of drug-likeness (QED) is 0.540. The van der Waals surface area contributed by atoms with Crippen molar-refractivity contribution in [3.05, 3.63) is 52.9 Å². The van der Waals surface area contributed by atoms with Crippen molar-refractivity contribution in [2.75, 3.05) is 13.1 Å². The minimum atomic E-state index is 0.492. The van der Waals surface area contributed by atoms with Gasteiger partial charge in [-0.25, -0.2) is 0 Å². The van der Waals surface area contributed by atoms with Crippen LogP contribution in [0, 0.1) is 13.8 Å². The van der Waals surface area contributed by atoms with E-state index in [2.05, 4.69) is 57.9 Å². The van der Waals surface area contributed by atoms with Crippen molar-refractivity contribution in [2.24, 2.45) is 4.99 Å². The summed E-state index contributed by atoms with van der Waals surface area (Å²) in [6.07, 6.45) is 5.87. The summed E-state index contributed by atoms with van der Waals surface area (Å²) < 4.78 is 5.27. The SMILES string of the molecule is CCNC(=NCCc1c(C)noc1C)NC1CC2CCC(C1)N2Cc1ccccc1. The standard InChI is InChI=1S/C24H35N5O/c1-4-25-24(26-13-12-23-17(2)28-30-18(23)3)27-20-14-21-10-11-22(15-20)29(21)16-19-8-6-5-7-9-19/h5-9,20-22H,4,10-16H2,1-3H3,(H2,25,26,27). The summed E-state index contributed by atoms with van der Waals surface area (Å²) in [6.45, 7) is 8.78. The molecule has 2 saturated heterocycles. The summed E-state index contributed by atoms with van der Waals surface area (Å²) in [7, 11) is 0. The number of aliphatic imine (C=N–C) groups is 1. The molecule has 6 heteroatoms. The third-order valence-corrected chi connectivity index (χ3v) is 6.59. The zero-order valence-corrected chi connectivity index (χ0v) is 18.5. The Morgan fingerprint density at radius 3 is 2.53 bits per heavy atom. The van der Waals surface area contributed by atoms with Crippen molar-refractivity contribution in [1.82, 2.24) is 20.7 Å². The number of nitrogens with zero attached hydrogens (tertiary/aromatic N) is 3. The van der Waals surface area contributed by atoms with E-state index in [0.717, 1.165) is 43.5 Å². The highest BCUT2D eigenvalue weighted by Crippen LogP contribution is 2.36. The molecule has 0 saturated carbocycles. The van der Waals surface area contributed by atoms with Crippen LogP contribution in [-0.4, -0.2) is 47.2 Å². The fourth-order valence-corrected chi connectivity index (χ4v) is 5.10. The maximum Gasteiger partial charge on any atom is 0.191 e. The fraction of sp³-hybridized carbons (Fsp3) is 0.583. The molecule has 2 aliphatic rings. The van der Waals surface area contributed by atoms with Gasteiger partial charge >= 0.3 is 0 Å². The summed E-state index contributed by atoms with van der Waals surface area (Å²) in [5, 5.41) is 11.2. The van der Waals surface area contributed by atoms with Gasteiger partial charge in [0.05, 0.1) is 5.69 Å². The van der Waals surface area contributed by atoms with Crippen LogP contribution in [-0.2, 0) is 13.0 Å². The van der Waals surface area contributed by atoms with Gasteiger partial charge in [-0.3, -0.25) is 9.89 Å². The summed E-state index contributed by atoms with van der Waals surface area (Å²) in [5.74, 6) is 1.84. The number of aromatic nitrogens is 1. The lowest BCUT2D eigenvalue weighted by molar-refractivity contribution is 0.114.